The summed E-state index contributed by atoms with van der Waals surface area (Å²) in [6, 6.07) is 15.1. The van der Waals surface area contributed by atoms with E-state index in [-0.39, 0.29) is 5.91 Å². The SMILES string of the molecule is CS(=O)(=O)Nc1ccc(-c2csc(NC(=O)c3ccc(C#N)cc3)n2)cc1. The Hall–Kier alpha value is -3.22. The van der Waals surface area contributed by atoms with Crippen molar-refractivity contribution in [2.75, 3.05) is 16.3 Å². The highest BCUT2D eigenvalue weighted by Gasteiger charge is 2.10. The molecule has 3 rings (SSSR count). The van der Waals surface area contributed by atoms with Gasteiger partial charge in [-0.15, -0.1) is 11.3 Å². The van der Waals surface area contributed by atoms with Crippen LogP contribution in [-0.4, -0.2) is 25.6 Å². The van der Waals surface area contributed by atoms with Crippen LogP contribution < -0.4 is 10.0 Å². The minimum Gasteiger partial charge on any atom is -0.298 e. The normalized spacial score (nSPS) is 10.8. The summed E-state index contributed by atoms with van der Waals surface area (Å²) in [5.41, 5.74) is 2.84. The standard InChI is InChI=1S/C18H14N4O3S2/c1-27(24,25)22-15-8-6-13(7-9-15)16-11-26-18(20-16)21-17(23)14-4-2-12(10-19)3-5-14/h2-9,11,22H,1H3,(H,20,21,23). The number of benzene rings is 2. The van der Waals surface area contributed by atoms with Gasteiger partial charge in [-0.1, -0.05) is 12.1 Å². The molecule has 2 aromatic carbocycles. The molecule has 3 aromatic rings. The van der Waals surface area contributed by atoms with Crippen molar-refractivity contribution in [1.82, 2.24) is 4.98 Å². The van der Waals surface area contributed by atoms with Crippen LogP contribution in [0.1, 0.15) is 15.9 Å². The topological polar surface area (TPSA) is 112 Å². The largest absolute Gasteiger partial charge is 0.298 e. The number of thiazole rings is 1. The van der Waals surface area contributed by atoms with Crippen LogP contribution in [0.5, 0.6) is 0 Å². The maximum absolute atomic E-state index is 12.2. The molecule has 1 aromatic heterocycles. The molecule has 0 fully saturated rings. The smallest absolute Gasteiger partial charge is 0.257 e. The maximum Gasteiger partial charge on any atom is 0.257 e. The van der Waals surface area contributed by atoms with Gasteiger partial charge in [0, 0.05) is 22.2 Å². The molecule has 0 aliphatic carbocycles. The number of nitriles is 1. The maximum atomic E-state index is 12.2. The molecule has 136 valence electrons. The second-order valence-corrected chi connectivity index (χ2v) is 8.24. The minimum absolute atomic E-state index is 0.312. The van der Waals surface area contributed by atoms with E-state index < -0.39 is 10.0 Å². The molecule has 0 saturated carbocycles. The van der Waals surface area contributed by atoms with E-state index in [1.807, 2.05) is 6.07 Å². The molecule has 9 heteroatoms. The zero-order valence-corrected chi connectivity index (χ0v) is 15.8. The fourth-order valence-corrected chi connectivity index (χ4v) is 3.53. The fourth-order valence-electron chi connectivity index (χ4n) is 2.25. The van der Waals surface area contributed by atoms with Crippen molar-refractivity contribution in [3.63, 3.8) is 0 Å². The number of hydrogen-bond acceptors (Lipinski definition) is 6. The third-order valence-corrected chi connectivity index (χ3v) is 4.85. The molecule has 1 amide bonds. The first kappa shape index (κ1) is 18.6. The van der Waals surface area contributed by atoms with E-state index in [1.54, 1.807) is 53.9 Å². The summed E-state index contributed by atoms with van der Waals surface area (Å²) < 4.78 is 24.9. The zero-order valence-electron chi connectivity index (χ0n) is 14.1. The number of rotatable bonds is 5. The first-order valence-electron chi connectivity index (χ1n) is 7.69. The van der Waals surface area contributed by atoms with E-state index in [4.69, 9.17) is 5.26 Å². The third kappa shape index (κ3) is 4.91. The molecule has 0 unspecified atom stereocenters. The van der Waals surface area contributed by atoms with Crippen molar-refractivity contribution in [1.29, 1.82) is 5.26 Å². The Balaban J connectivity index is 1.70. The van der Waals surface area contributed by atoms with Gasteiger partial charge in [0.2, 0.25) is 10.0 Å². The third-order valence-electron chi connectivity index (χ3n) is 3.48. The second kappa shape index (κ2) is 7.57. The van der Waals surface area contributed by atoms with Crippen LogP contribution in [0.15, 0.2) is 53.9 Å². The van der Waals surface area contributed by atoms with Gasteiger partial charge < -0.3 is 0 Å². The van der Waals surface area contributed by atoms with Gasteiger partial charge in [-0.3, -0.25) is 14.8 Å². The summed E-state index contributed by atoms with van der Waals surface area (Å²) in [6.45, 7) is 0. The molecule has 0 aliphatic rings. The predicted molar refractivity (Wildman–Crippen MR) is 105 cm³/mol. The molecule has 1 heterocycles. The molecule has 2 N–H and O–H groups in total. The molecule has 0 saturated heterocycles. The Bertz CT molecular complexity index is 1110. The van der Waals surface area contributed by atoms with Gasteiger partial charge in [0.05, 0.1) is 23.6 Å². The Morgan fingerprint density at radius 3 is 2.37 bits per heavy atom. The van der Waals surface area contributed by atoms with Gasteiger partial charge in [-0.25, -0.2) is 13.4 Å². The van der Waals surface area contributed by atoms with Crippen molar-refractivity contribution in [3.8, 4) is 17.3 Å². The van der Waals surface area contributed by atoms with Crippen molar-refractivity contribution < 1.29 is 13.2 Å². The van der Waals surface area contributed by atoms with Gasteiger partial charge >= 0.3 is 0 Å². The van der Waals surface area contributed by atoms with Crippen molar-refractivity contribution in [2.24, 2.45) is 0 Å². The average Bonchev–Trinajstić information content (AvgIpc) is 3.09. The molecular weight excluding hydrogens is 384 g/mol. The second-order valence-electron chi connectivity index (χ2n) is 5.63. The molecule has 0 radical (unpaired) electrons. The van der Waals surface area contributed by atoms with E-state index in [9.17, 15) is 13.2 Å². The van der Waals surface area contributed by atoms with Gasteiger partial charge in [-0.2, -0.15) is 5.26 Å². The van der Waals surface area contributed by atoms with Crippen molar-refractivity contribution >= 4 is 38.1 Å². The Morgan fingerprint density at radius 1 is 1.11 bits per heavy atom. The number of sulfonamides is 1. The molecular formula is C18H14N4O3S2. The number of carbonyl (C=O) groups excluding carboxylic acids is 1. The van der Waals surface area contributed by atoms with Gasteiger partial charge in [-0.05, 0) is 36.4 Å². The van der Waals surface area contributed by atoms with E-state index in [0.717, 1.165) is 11.8 Å². The highest BCUT2D eigenvalue weighted by Crippen LogP contribution is 2.26. The highest BCUT2D eigenvalue weighted by atomic mass is 32.2. The molecule has 0 atom stereocenters. The summed E-state index contributed by atoms with van der Waals surface area (Å²) in [4.78, 5) is 16.6. The van der Waals surface area contributed by atoms with E-state index in [2.05, 4.69) is 15.0 Å². The van der Waals surface area contributed by atoms with Gasteiger partial charge in [0.25, 0.3) is 5.91 Å². The number of nitrogens with zero attached hydrogens (tertiary/aromatic N) is 2. The predicted octanol–water partition coefficient (Wildman–Crippen LogP) is 3.31. The van der Waals surface area contributed by atoms with Crippen LogP contribution in [0.2, 0.25) is 0 Å². The lowest BCUT2D eigenvalue weighted by molar-refractivity contribution is 0.102. The number of hydrogen-bond donors (Lipinski definition) is 2. The molecule has 0 spiro atoms. The van der Waals surface area contributed by atoms with Crippen LogP contribution >= 0.6 is 11.3 Å². The summed E-state index contributed by atoms with van der Waals surface area (Å²) in [6.07, 6.45) is 1.09. The van der Waals surface area contributed by atoms with Gasteiger partial charge in [0.15, 0.2) is 5.13 Å². The Kier molecular flexibility index (Phi) is 5.21. The quantitative estimate of drug-likeness (QED) is 0.685. The van der Waals surface area contributed by atoms with E-state index >= 15 is 0 Å². The van der Waals surface area contributed by atoms with Crippen LogP contribution in [-0.2, 0) is 10.0 Å². The summed E-state index contributed by atoms with van der Waals surface area (Å²) in [5, 5.41) is 13.8. The number of nitrogens with one attached hydrogen (secondary N) is 2. The lowest BCUT2D eigenvalue weighted by Crippen LogP contribution is -2.11. The summed E-state index contributed by atoms with van der Waals surface area (Å²) in [7, 11) is -3.32. The lowest BCUT2D eigenvalue weighted by Gasteiger charge is -2.04. The molecule has 0 aliphatic heterocycles. The van der Waals surface area contributed by atoms with Crippen LogP contribution in [0.25, 0.3) is 11.3 Å². The molecule has 0 bridgehead atoms. The first-order chi connectivity index (χ1) is 12.8. The Morgan fingerprint density at radius 2 is 1.78 bits per heavy atom. The van der Waals surface area contributed by atoms with Crippen LogP contribution in [0.3, 0.4) is 0 Å². The average molecular weight is 398 g/mol. The summed E-state index contributed by atoms with van der Waals surface area (Å²) in [5.74, 6) is -0.312. The number of carbonyl (C=O) groups is 1. The first-order valence-corrected chi connectivity index (χ1v) is 10.5. The van der Waals surface area contributed by atoms with Crippen molar-refractivity contribution in [3.05, 3.63) is 65.0 Å². The van der Waals surface area contributed by atoms with Crippen molar-refractivity contribution in [2.45, 2.75) is 0 Å². The van der Waals surface area contributed by atoms with Gasteiger partial charge in [0.1, 0.15) is 0 Å². The van der Waals surface area contributed by atoms with E-state index in [0.29, 0.717) is 27.6 Å². The fraction of sp³-hybridized carbons (Fsp3) is 0.0556. The Labute approximate surface area is 160 Å². The monoisotopic (exact) mass is 398 g/mol. The number of aromatic nitrogens is 1. The highest BCUT2D eigenvalue weighted by molar-refractivity contribution is 7.92. The molecule has 27 heavy (non-hydrogen) atoms. The van der Waals surface area contributed by atoms with E-state index in [1.165, 1.54) is 11.3 Å². The lowest BCUT2D eigenvalue weighted by atomic mass is 10.1. The number of amides is 1. The summed E-state index contributed by atoms with van der Waals surface area (Å²) >= 11 is 1.28. The number of anilines is 2. The zero-order chi connectivity index (χ0) is 19.4. The van der Waals surface area contributed by atoms with Crippen LogP contribution in [0, 0.1) is 11.3 Å². The molecule has 7 nitrogen and oxygen atoms in total. The minimum atomic E-state index is -3.32. The van der Waals surface area contributed by atoms with Crippen LogP contribution in [0.4, 0.5) is 10.8 Å².